The molecule has 0 aliphatic carbocycles. The molecule has 2 aromatic rings. The van der Waals surface area contributed by atoms with Gasteiger partial charge < -0.3 is 10.2 Å². The van der Waals surface area contributed by atoms with Gasteiger partial charge >= 0.3 is 0 Å². The summed E-state index contributed by atoms with van der Waals surface area (Å²) in [6.45, 7) is 0. The number of oxazole rings is 1. The van der Waals surface area contributed by atoms with Crippen LogP contribution in [0.5, 0.6) is 0 Å². The van der Waals surface area contributed by atoms with Crippen LogP contribution in [0.1, 0.15) is 10.5 Å². The van der Waals surface area contributed by atoms with E-state index in [-0.39, 0.29) is 5.69 Å². The summed E-state index contributed by atoms with van der Waals surface area (Å²) in [6, 6.07) is 1.67. The first-order valence-corrected chi connectivity index (χ1v) is 3.80. The predicted molar refractivity (Wildman–Crippen MR) is 46.0 cm³/mol. The van der Waals surface area contributed by atoms with Crippen LogP contribution in [0.4, 0.5) is 0 Å². The van der Waals surface area contributed by atoms with Gasteiger partial charge in [0.05, 0.1) is 18.0 Å². The van der Waals surface area contributed by atoms with Crippen LogP contribution >= 0.6 is 0 Å². The lowest BCUT2D eigenvalue weighted by Gasteiger charge is -1.90. The van der Waals surface area contributed by atoms with Crippen LogP contribution in [0.15, 0.2) is 29.1 Å². The van der Waals surface area contributed by atoms with Crippen molar-refractivity contribution in [2.45, 2.75) is 0 Å². The van der Waals surface area contributed by atoms with E-state index in [1.165, 1.54) is 18.7 Å². The van der Waals surface area contributed by atoms with Gasteiger partial charge in [0.2, 0.25) is 5.89 Å². The third-order valence-corrected chi connectivity index (χ3v) is 1.59. The molecule has 14 heavy (non-hydrogen) atoms. The number of rotatable bonds is 2. The molecule has 0 fully saturated rings. The molecule has 2 aromatic heterocycles. The first kappa shape index (κ1) is 8.36. The molecule has 0 aliphatic rings. The largest absolute Gasteiger partial charge is 0.444 e. The van der Waals surface area contributed by atoms with Crippen molar-refractivity contribution in [3.05, 3.63) is 30.4 Å². The summed E-state index contributed by atoms with van der Waals surface area (Å²) >= 11 is 0. The first-order valence-electron chi connectivity index (χ1n) is 3.80. The average Bonchev–Trinajstić information content (AvgIpc) is 2.68. The lowest BCUT2D eigenvalue weighted by atomic mass is 10.3. The van der Waals surface area contributed by atoms with Crippen LogP contribution in [0.2, 0.25) is 0 Å². The molecule has 0 saturated heterocycles. The zero-order valence-corrected chi connectivity index (χ0v) is 7.04. The van der Waals surface area contributed by atoms with Crippen molar-refractivity contribution >= 4 is 5.91 Å². The topological polar surface area (TPSA) is 94.9 Å². The molecule has 2 heterocycles. The van der Waals surface area contributed by atoms with E-state index in [4.69, 9.17) is 10.2 Å². The minimum atomic E-state index is -0.623. The van der Waals surface area contributed by atoms with Gasteiger partial charge in [-0.2, -0.15) is 10.2 Å². The minimum Gasteiger partial charge on any atom is -0.444 e. The smallest absolute Gasteiger partial charge is 0.270 e. The summed E-state index contributed by atoms with van der Waals surface area (Å²) in [7, 11) is 0. The summed E-state index contributed by atoms with van der Waals surface area (Å²) < 4.78 is 5.03. The second kappa shape index (κ2) is 3.25. The van der Waals surface area contributed by atoms with Crippen molar-refractivity contribution in [3.8, 4) is 11.5 Å². The molecule has 2 N–H and O–H groups in total. The molecule has 0 saturated carbocycles. The van der Waals surface area contributed by atoms with E-state index in [0.29, 0.717) is 11.5 Å². The standard InChI is InChI=1S/C8H6N4O2/c9-7(13)6-4-14-8(12-6)5-1-2-10-11-3-5/h1-4H,(H2,9,13). The number of nitrogens with two attached hydrogens (primary N) is 1. The molecule has 6 heteroatoms. The highest BCUT2D eigenvalue weighted by molar-refractivity contribution is 5.90. The van der Waals surface area contributed by atoms with Crippen LogP contribution in [0, 0.1) is 0 Å². The lowest BCUT2D eigenvalue weighted by molar-refractivity contribution is 0.0995. The maximum absolute atomic E-state index is 10.7. The van der Waals surface area contributed by atoms with E-state index in [0.717, 1.165) is 0 Å². The molecule has 0 aliphatic heterocycles. The Hall–Kier alpha value is -2.24. The lowest BCUT2D eigenvalue weighted by Crippen LogP contribution is -2.10. The molecule has 0 spiro atoms. The van der Waals surface area contributed by atoms with Gasteiger partial charge in [0.15, 0.2) is 5.69 Å². The minimum absolute atomic E-state index is 0.0943. The molecule has 1 amide bonds. The van der Waals surface area contributed by atoms with Crippen molar-refractivity contribution in [1.29, 1.82) is 0 Å². The van der Waals surface area contributed by atoms with Crippen molar-refractivity contribution in [2.75, 3.05) is 0 Å². The van der Waals surface area contributed by atoms with Crippen LogP contribution in [-0.4, -0.2) is 21.1 Å². The number of nitrogens with zero attached hydrogens (tertiary/aromatic N) is 3. The molecule has 0 atom stereocenters. The summed E-state index contributed by atoms with van der Waals surface area (Å²) in [5.41, 5.74) is 5.76. The van der Waals surface area contributed by atoms with Crippen molar-refractivity contribution < 1.29 is 9.21 Å². The normalized spacial score (nSPS) is 10.0. The molecule has 0 bridgehead atoms. The number of carbonyl (C=O) groups excluding carboxylic acids is 1. The Bertz CT molecular complexity index is 451. The first-order chi connectivity index (χ1) is 6.77. The molecule has 0 aromatic carbocycles. The van der Waals surface area contributed by atoms with Gasteiger partial charge in [-0.05, 0) is 6.07 Å². The van der Waals surface area contributed by atoms with Crippen LogP contribution in [0.25, 0.3) is 11.5 Å². The molecule has 70 valence electrons. The summed E-state index contributed by atoms with van der Waals surface area (Å²) in [5, 5.41) is 7.25. The number of hydrogen-bond acceptors (Lipinski definition) is 5. The third kappa shape index (κ3) is 1.45. The summed E-state index contributed by atoms with van der Waals surface area (Å²) in [5.74, 6) is -0.323. The zero-order valence-electron chi connectivity index (χ0n) is 7.04. The highest BCUT2D eigenvalue weighted by atomic mass is 16.3. The second-order valence-corrected chi connectivity index (χ2v) is 2.53. The van der Waals surface area contributed by atoms with Crippen molar-refractivity contribution in [2.24, 2.45) is 5.73 Å². The molecule has 6 nitrogen and oxygen atoms in total. The average molecular weight is 190 g/mol. The van der Waals surface area contributed by atoms with Gasteiger partial charge in [-0.3, -0.25) is 4.79 Å². The molecular formula is C8H6N4O2. The number of hydrogen-bond donors (Lipinski definition) is 1. The van der Waals surface area contributed by atoms with Crippen LogP contribution < -0.4 is 5.73 Å². The van der Waals surface area contributed by atoms with Crippen molar-refractivity contribution in [1.82, 2.24) is 15.2 Å². The molecule has 0 unspecified atom stereocenters. The Balaban J connectivity index is 2.39. The Kier molecular flexibility index (Phi) is 1.94. The molecule has 0 radical (unpaired) electrons. The SMILES string of the molecule is NC(=O)c1coc(-c2ccnnc2)n1. The number of aromatic nitrogens is 3. The Morgan fingerprint density at radius 2 is 2.29 bits per heavy atom. The van der Waals surface area contributed by atoms with Gasteiger partial charge in [-0.1, -0.05) is 0 Å². The van der Waals surface area contributed by atoms with Crippen LogP contribution in [-0.2, 0) is 0 Å². The quantitative estimate of drug-likeness (QED) is 0.731. The van der Waals surface area contributed by atoms with E-state index in [9.17, 15) is 4.79 Å². The molecule has 2 rings (SSSR count). The van der Waals surface area contributed by atoms with Gasteiger partial charge in [0.25, 0.3) is 5.91 Å². The van der Waals surface area contributed by atoms with Gasteiger partial charge in [-0.15, -0.1) is 0 Å². The second-order valence-electron chi connectivity index (χ2n) is 2.53. The zero-order chi connectivity index (χ0) is 9.97. The van der Waals surface area contributed by atoms with Gasteiger partial charge in [0, 0.05) is 0 Å². The fourth-order valence-electron chi connectivity index (χ4n) is 0.937. The highest BCUT2D eigenvalue weighted by Crippen LogP contribution is 2.15. The number of primary amides is 1. The number of amides is 1. The maximum atomic E-state index is 10.7. The monoisotopic (exact) mass is 190 g/mol. The van der Waals surface area contributed by atoms with E-state index < -0.39 is 5.91 Å². The van der Waals surface area contributed by atoms with E-state index >= 15 is 0 Å². The van der Waals surface area contributed by atoms with E-state index in [2.05, 4.69) is 15.2 Å². The fraction of sp³-hybridized carbons (Fsp3) is 0. The highest BCUT2D eigenvalue weighted by Gasteiger charge is 2.09. The predicted octanol–water partition coefficient (Wildman–Crippen LogP) is 0.231. The van der Waals surface area contributed by atoms with E-state index in [1.807, 2.05) is 0 Å². The Morgan fingerprint density at radius 3 is 2.86 bits per heavy atom. The molecular weight excluding hydrogens is 184 g/mol. The Labute approximate surface area is 78.8 Å². The third-order valence-electron chi connectivity index (χ3n) is 1.59. The fourth-order valence-corrected chi connectivity index (χ4v) is 0.937. The van der Waals surface area contributed by atoms with Crippen LogP contribution in [0.3, 0.4) is 0 Å². The van der Waals surface area contributed by atoms with Crippen molar-refractivity contribution in [3.63, 3.8) is 0 Å². The Morgan fingerprint density at radius 1 is 1.43 bits per heavy atom. The number of carbonyl (C=O) groups is 1. The summed E-state index contributed by atoms with van der Waals surface area (Å²) in [4.78, 5) is 14.6. The van der Waals surface area contributed by atoms with E-state index in [1.54, 1.807) is 6.07 Å². The summed E-state index contributed by atoms with van der Waals surface area (Å²) in [6.07, 6.45) is 4.19. The van der Waals surface area contributed by atoms with Gasteiger partial charge in [0.1, 0.15) is 6.26 Å². The maximum Gasteiger partial charge on any atom is 0.270 e. The van der Waals surface area contributed by atoms with Gasteiger partial charge in [-0.25, -0.2) is 4.98 Å².